The van der Waals surface area contributed by atoms with E-state index in [1.54, 1.807) is 29.6 Å². The molecule has 5 aromatic rings. The van der Waals surface area contributed by atoms with Gasteiger partial charge in [-0.3, -0.25) is 14.6 Å². The molecule has 3 N–H and O–H groups in total. The van der Waals surface area contributed by atoms with E-state index >= 15 is 0 Å². The summed E-state index contributed by atoms with van der Waals surface area (Å²) >= 11 is 1.29. The first-order chi connectivity index (χ1) is 16.0. The molecule has 162 valence electrons. The number of nitrogens with two attached hydrogens (primary N) is 1. The highest BCUT2D eigenvalue weighted by molar-refractivity contribution is 7.18. The molecule has 0 unspecified atom stereocenters. The molecule has 3 heterocycles. The Balaban J connectivity index is 1.59. The molecule has 0 aliphatic rings. The highest BCUT2D eigenvalue weighted by atomic mass is 32.1. The zero-order valence-electron chi connectivity index (χ0n) is 17.3. The summed E-state index contributed by atoms with van der Waals surface area (Å²) in [6.07, 6.45) is 2.79. The minimum atomic E-state index is -0.618. The largest absolute Gasteiger partial charge is 0.382 e. The van der Waals surface area contributed by atoms with E-state index in [1.807, 2.05) is 6.92 Å². The summed E-state index contributed by atoms with van der Waals surface area (Å²) in [5.74, 6) is -1.20. The van der Waals surface area contributed by atoms with Gasteiger partial charge < -0.3 is 11.1 Å². The molecule has 0 saturated carbocycles. The first-order valence-corrected chi connectivity index (χ1v) is 10.8. The second kappa shape index (κ2) is 8.03. The van der Waals surface area contributed by atoms with E-state index in [9.17, 15) is 14.0 Å². The molecule has 0 saturated heterocycles. The summed E-state index contributed by atoms with van der Waals surface area (Å²) < 4.78 is 14.9. The quantitative estimate of drug-likeness (QED) is 0.377. The van der Waals surface area contributed by atoms with Crippen LogP contribution < -0.4 is 11.1 Å². The molecule has 5 rings (SSSR count). The lowest BCUT2D eigenvalue weighted by atomic mass is 9.99. The third-order valence-electron chi connectivity index (χ3n) is 5.35. The number of benzene rings is 2. The molecule has 33 heavy (non-hydrogen) atoms. The van der Waals surface area contributed by atoms with E-state index in [4.69, 9.17) is 5.73 Å². The van der Waals surface area contributed by atoms with Crippen LogP contribution in [0, 0.1) is 12.7 Å². The van der Waals surface area contributed by atoms with Gasteiger partial charge in [0.25, 0.3) is 5.91 Å². The first kappa shape index (κ1) is 20.7. The van der Waals surface area contributed by atoms with Crippen molar-refractivity contribution >= 4 is 55.5 Å². The molecular weight excluding hydrogens is 441 g/mol. The monoisotopic (exact) mass is 457 g/mol. The zero-order chi connectivity index (χ0) is 23.1. The van der Waals surface area contributed by atoms with Gasteiger partial charge in [-0.25, -0.2) is 14.4 Å². The molecule has 0 atom stereocenters. The Kier molecular flexibility index (Phi) is 5.02. The van der Waals surface area contributed by atoms with E-state index in [1.165, 1.54) is 42.1 Å². The van der Waals surface area contributed by atoms with Crippen molar-refractivity contribution in [2.75, 3.05) is 11.1 Å². The number of nitrogens with one attached hydrogen (secondary N) is 1. The summed E-state index contributed by atoms with van der Waals surface area (Å²) in [6.45, 7) is 1.85. The molecule has 7 nitrogen and oxygen atoms in total. The maximum atomic E-state index is 14.2. The van der Waals surface area contributed by atoms with E-state index in [0.717, 1.165) is 5.56 Å². The zero-order valence-corrected chi connectivity index (χ0v) is 18.1. The molecule has 2 aromatic carbocycles. The fraction of sp³-hybridized carbons (Fsp3) is 0.0417. The molecule has 0 bridgehead atoms. The normalized spacial score (nSPS) is 11.1. The van der Waals surface area contributed by atoms with Crippen LogP contribution in [0.25, 0.3) is 21.0 Å². The second-order valence-corrected chi connectivity index (χ2v) is 8.24. The van der Waals surface area contributed by atoms with Crippen molar-refractivity contribution in [3.63, 3.8) is 0 Å². The van der Waals surface area contributed by atoms with Crippen LogP contribution >= 0.6 is 11.3 Å². The number of rotatable bonds is 4. The van der Waals surface area contributed by atoms with Gasteiger partial charge in [-0.15, -0.1) is 11.3 Å². The van der Waals surface area contributed by atoms with Crippen LogP contribution in [0.1, 0.15) is 32.0 Å². The smallest absolute Gasteiger partial charge is 0.258 e. The van der Waals surface area contributed by atoms with Crippen molar-refractivity contribution in [3.8, 4) is 0 Å². The van der Waals surface area contributed by atoms with Crippen molar-refractivity contribution in [1.29, 1.82) is 0 Å². The Bertz CT molecular complexity index is 1580. The Morgan fingerprint density at radius 1 is 1.00 bits per heavy atom. The summed E-state index contributed by atoms with van der Waals surface area (Å²) in [6, 6.07) is 11.0. The van der Waals surface area contributed by atoms with Gasteiger partial charge in [0.2, 0.25) is 5.78 Å². The third-order valence-corrected chi connectivity index (χ3v) is 6.34. The number of hydrogen-bond acceptors (Lipinski definition) is 7. The van der Waals surface area contributed by atoms with Crippen molar-refractivity contribution in [1.82, 2.24) is 15.0 Å². The van der Waals surface area contributed by atoms with E-state index in [2.05, 4.69) is 20.3 Å². The molecule has 9 heteroatoms. The lowest BCUT2D eigenvalue weighted by Gasteiger charge is -2.13. The van der Waals surface area contributed by atoms with Crippen molar-refractivity contribution < 1.29 is 14.0 Å². The van der Waals surface area contributed by atoms with Gasteiger partial charge in [-0.2, -0.15) is 0 Å². The number of aryl methyl sites for hydroxylation is 1. The Hall–Kier alpha value is -4.24. The Morgan fingerprint density at radius 3 is 2.64 bits per heavy atom. The predicted octanol–water partition coefficient (Wildman–Crippen LogP) is 4.75. The number of pyridine rings is 1. The van der Waals surface area contributed by atoms with E-state index in [-0.39, 0.29) is 17.2 Å². The summed E-state index contributed by atoms with van der Waals surface area (Å²) in [5, 5.41) is 5.74. The maximum Gasteiger partial charge on any atom is 0.258 e. The molecule has 3 aromatic heterocycles. The lowest BCUT2D eigenvalue weighted by Crippen LogP contribution is -2.14. The minimum Gasteiger partial charge on any atom is -0.382 e. The van der Waals surface area contributed by atoms with Crippen molar-refractivity contribution in [2.24, 2.45) is 0 Å². The first-order valence-electron chi connectivity index (χ1n) is 9.92. The fourth-order valence-corrected chi connectivity index (χ4v) is 4.60. The lowest BCUT2D eigenvalue weighted by molar-refractivity contribution is 0.102. The number of carbonyl (C=O) groups is 2. The Labute approximate surface area is 191 Å². The highest BCUT2D eigenvalue weighted by Gasteiger charge is 2.21. The fourth-order valence-electron chi connectivity index (χ4n) is 3.69. The van der Waals surface area contributed by atoms with Crippen LogP contribution in [0.4, 0.5) is 15.9 Å². The Morgan fingerprint density at radius 2 is 1.82 bits per heavy atom. The molecule has 0 fully saturated rings. The second-order valence-electron chi connectivity index (χ2n) is 7.36. The number of anilines is 2. The summed E-state index contributed by atoms with van der Waals surface area (Å²) in [5.41, 5.74) is 8.10. The van der Waals surface area contributed by atoms with Gasteiger partial charge in [-0.1, -0.05) is 24.3 Å². The number of hydrogen-bond donors (Lipinski definition) is 2. The number of nitrogens with zero attached hydrogens (tertiary/aromatic N) is 3. The molecular formula is C24H16FN5O2S. The van der Waals surface area contributed by atoms with Gasteiger partial charge in [0.15, 0.2) is 0 Å². The maximum absolute atomic E-state index is 14.2. The van der Waals surface area contributed by atoms with Crippen molar-refractivity contribution in [2.45, 2.75) is 6.92 Å². The van der Waals surface area contributed by atoms with Crippen LogP contribution in [0.15, 0.2) is 60.4 Å². The van der Waals surface area contributed by atoms with Gasteiger partial charge in [-0.05, 0) is 30.7 Å². The van der Waals surface area contributed by atoms with E-state index < -0.39 is 11.6 Å². The summed E-state index contributed by atoms with van der Waals surface area (Å²) in [4.78, 5) is 38.6. The SMILES string of the molecule is Cc1ccc2c(C(=O)c3ccccc3F)nccc2c1NC(=O)c1csc2c(N)ncnc12. The third kappa shape index (κ3) is 3.48. The number of nitrogen functional groups attached to an aromatic ring is 1. The van der Waals surface area contributed by atoms with E-state index in [0.29, 0.717) is 38.1 Å². The van der Waals surface area contributed by atoms with Crippen LogP contribution in [-0.4, -0.2) is 26.6 Å². The highest BCUT2D eigenvalue weighted by Crippen LogP contribution is 2.32. The van der Waals surface area contributed by atoms with Gasteiger partial charge in [0, 0.05) is 22.3 Å². The molecule has 0 radical (unpaired) electrons. The van der Waals surface area contributed by atoms with Crippen LogP contribution in [0.2, 0.25) is 0 Å². The topological polar surface area (TPSA) is 111 Å². The molecule has 1 amide bonds. The molecule has 0 aliphatic carbocycles. The van der Waals surface area contributed by atoms with Crippen molar-refractivity contribution in [3.05, 3.63) is 88.6 Å². The minimum absolute atomic E-state index is 0.0642. The standard InChI is InChI=1S/C24H16FN5O2S/c1-12-6-7-13-14(8-9-27-19(13)21(31)15-4-2-3-5-17(15)25)18(12)30-24(32)16-10-33-22-20(16)28-11-29-23(22)26/h2-11H,1H3,(H,30,32)(H2,26,28,29). The number of halogens is 1. The number of thiophene rings is 1. The number of ketones is 1. The summed E-state index contributed by atoms with van der Waals surface area (Å²) in [7, 11) is 0. The van der Waals surface area contributed by atoms with Crippen LogP contribution in [-0.2, 0) is 0 Å². The average Bonchev–Trinajstić information content (AvgIpc) is 3.26. The van der Waals surface area contributed by atoms with Crippen LogP contribution in [0.5, 0.6) is 0 Å². The number of amides is 1. The molecule has 0 aliphatic heterocycles. The predicted molar refractivity (Wildman–Crippen MR) is 126 cm³/mol. The number of fused-ring (bicyclic) bond motifs is 2. The number of carbonyl (C=O) groups excluding carboxylic acids is 2. The number of aromatic nitrogens is 3. The van der Waals surface area contributed by atoms with Gasteiger partial charge in [0.05, 0.1) is 27.0 Å². The molecule has 0 spiro atoms. The van der Waals surface area contributed by atoms with Crippen LogP contribution in [0.3, 0.4) is 0 Å². The van der Waals surface area contributed by atoms with Gasteiger partial charge >= 0.3 is 0 Å². The van der Waals surface area contributed by atoms with Gasteiger partial charge in [0.1, 0.15) is 23.7 Å². The average molecular weight is 457 g/mol.